The van der Waals surface area contributed by atoms with E-state index in [0.717, 1.165) is 6.07 Å². The summed E-state index contributed by atoms with van der Waals surface area (Å²) >= 11 is 0. The summed E-state index contributed by atoms with van der Waals surface area (Å²) < 4.78 is 13.7. The van der Waals surface area contributed by atoms with Crippen molar-refractivity contribution in [2.24, 2.45) is 5.84 Å². The number of nitrogens with two attached hydrogens (primary N) is 1. The first kappa shape index (κ1) is 14.5. The minimum absolute atomic E-state index is 0.0272. The maximum Gasteiger partial charge on any atom is 0.256 e. The number of hydrogen-bond acceptors (Lipinski definition) is 4. The SMILES string of the molecule is Cc1cc(NN)ccc1C(=O)Nc1ccc(C#N)cc1F. The van der Waals surface area contributed by atoms with Gasteiger partial charge in [-0.3, -0.25) is 10.6 Å². The summed E-state index contributed by atoms with van der Waals surface area (Å²) in [6.45, 7) is 1.75. The van der Waals surface area contributed by atoms with Gasteiger partial charge in [-0.1, -0.05) is 0 Å². The molecule has 0 spiro atoms. The molecule has 2 aromatic carbocycles. The van der Waals surface area contributed by atoms with Gasteiger partial charge in [-0.25, -0.2) is 4.39 Å². The summed E-state index contributed by atoms with van der Waals surface area (Å²) in [6.07, 6.45) is 0. The number of carbonyl (C=O) groups is 1. The van der Waals surface area contributed by atoms with Crippen LogP contribution in [0.2, 0.25) is 0 Å². The molecule has 0 saturated heterocycles. The molecule has 1 amide bonds. The number of carbonyl (C=O) groups excluding carboxylic acids is 1. The van der Waals surface area contributed by atoms with E-state index < -0.39 is 11.7 Å². The first-order valence-corrected chi connectivity index (χ1v) is 6.13. The van der Waals surface area contributed by atoms with Gasteiger partial charge in [0.05, 0.1) is 17.3 Å². The molecule has 6 heteroatoms. The van der Waals surface area contributed by atoms with E-state index in [1.807, 2.05) is 6.07 Å². The Morgan fingerprint density at radius 3 is 2.62 bits per heavy atom. The lowest BCUT2D eigenvalue weighted by Gasteiger charge is -2.10. The van der Waals surface area contributed by atoms with Gasteiger partial charge in [-0.15, -0.1) is 0 Å². The third-order valence-corrected chi connectivity index (χ3v) is 2.98. The maximum absolute atomic E-state index is 13.7. The number of benzene rings is 2. The average molecular weight is 284 g/mol. The molecular weight excluding hydrogens is 271 g/mol. The molecule has 0 aliphatic carbocycles. The van der Waals surface area contributed by atoms with Crippen molar-refractivity contribution in [1.29, 1.82) is 5.26 Å². The number of aryl methyl sites for hydroxylation is 1. The molecule has 21 heavy (non-hydrogen) atoms. The molecule has 0 aliphatic rings. The maximum atomic E-state index is 13.7. The topological polar surface area (TPSA) is 90.9 Å². The van der Waals surface area contributed by atoms with Crippen molar-refractivity contribution in [3.63, 3.8) is 0 Å². The molecule has 4 N–H and O–H groups in total. The predicted octanol–water partition coefficient (Wildman–Crippen LogP) is 2.54. The summed E-state index contributed by atoms with van der Waals surface area (Å²) in [4.78, 5) is 12.1. The molecule has 0 fully saturated rings. The number of rotatable bonds is 3. The van der Waals surface area contributed by atoms with Crippen molar-refractivity contribution in [2.45, 2.75) is 6.92 Å². The zero-order chi connectivity index (χ0) is 15.4. The number of nitrogens with one attached hydrogen (secondary N) is 2. The molecule has 0 saturated carbocycles. The van der Waals surface area contributed by atoms with Gasteiger partial charge >= 0.3 is 0 Å². The molecular formula is C15H13FN4O. The van der Waals surface area contributed by atoms with E-state index in [1.165, 1.54) is 12.1 Å². The number of halogens is 1. The van der Waals surface area contributed by atoms with E-state index in [2.05, 4.69) is 10.7 Å². The van der Waals surface area contributed by atoms with E-state index in [-0.39, 0.29) is 11.3 Å². The van der Waals surface area contributed by atoms with Gasteiger partial charge in [0.2, 0.25) is 0 Å². The second-order valence-electron chi connectivity index (χ2n) is 4.43. The first-order chi connectivity index (χ1) is 10.0. The summed E-state index contributed by atoms with van der Waals surface area (Å²) in [6, 6.07) is 10.7. The van der Waals surface area contributed by atoms with Crippen LogP contribution in [-0.4, -0.2) is 5.91 Å². The monoisotopic (exact) mass is 284 g/mol. The molecule has 0 bridgehead atoms. The van der Waals surface area contributed by atoms with Crippen molar-refractivity contribution in [3.8, 4) is 6.07 Å². The third kappa shape index (κ3) is 3.16. The summed E-state index contributed by atoms with van der Waals surface area (Å²) in [5, 5.41) is 11.2. The van der Waals surface area contributed by atoms with Crippen LogP contribution >= 0.6 is 0 Å². The molecule has 106 valence electrons. The highest BCUT2D eigenvalue weighted by molar-refractivity contribution is 6.05. The van der Waals surface area contributed by atoms with Crippen molar-refractivity contribution in [3.05, 3.63) is 58.9 Å². The molecule has 0 atom stereocenters. The lowest BCUT2D eigenvalue weighted by Crippen LogP contribution is -2.15. The van der Waals surface area contributed by atoms with Crippen LogP contribution in [0.3, 0.4) is 0 Å². The third-order valence-electron chi connectivity index (χ3n) is 2.98. The number of hydrogen-bond donors (Lipinski definition) is 3. The molecule has 0 aliphatic heterocycles. The van der Waals surface area contributed by atoms with E-state index in [0.29, 0.717) is 16.8 Å². The van der Waals surface area contributed by atoms with Crippen molar-refractivity contribution in [2.75, 3.05) is 10.7 Å². The van der Waals surface area contributed by atoms with Crippen LogP contribution in [0.15, 0.2) is 36.4 Å². The number of nitriles is 1. The lowest BCUT2D eigenvalue weighted by atomic mass is 10.1. The van der Waals surface area contributed by atoms with Gasteiger partial charge < -0.3 is 10.7 Å². The van der Waals surface area contributed by atoms with E-state index >= 15 is 0 Å². The Morgan fingerprint density at radius 1 is 1.29 bits per heavy atom. The zero-order valence-electron chi connectivity index (χ0n) is 11.3. The minimum Gasteiger partial charge on any atom is -0.324 e. The number of nitrogen functional groups attached to an aromatic ring is 1. The lowest BCUT2D eigenvalue weighted by molar-refractivity contribution is 0.102. The second-order valence-corrected chi connectivity index (χ2v) is 4.43. The molecule has 0 heterocycles. The number of anilines is 2. The highest BCUT2D eigenvalue weighted by atomic mass is 19.1. The van der Waals surface area contributed by atoms with Crippen LogP contribution in [0, 0.1) is 24.1 Å². The molecule has 5 nitrogen and oxygen atoms in total. The number of hydrazine groups is 1. The zero-order valence-corrected chi connectivity index (χ0v) is 11.3. The van der Waals surface area contributed by atoms with Crippen LogP contribution < -0.4 is 16.6 Å². The molecule has 0 unspecified atom stereocenters. The van der Waals surface area contributed by atoms with Gasteiger partial charge in [0.25, 0.3) is 5.91 Å². The van der Waals surface area contributed by atoms with Crippen molar-refractivity contribution >= 4 is 17.3 Å². The van der Waals surface area contributed by atoms with E-state index in [1.54, 1.807) is 25.1 Å². The Morgan fingerprint density at radius 2 is 2.05 bits per heavy atom. The van der Waals surface area contributed by atoms with Crippen LogP contribution in [0.5, 0.6) is 0 Å². The second kappa shape index (κ2) is 6.03. The largest absolute Gasteiger partial charge is 0.324 e. The summed E-state index contributed by atoms with van der Waals surface area (Å²) in [7, 11) is 0. The van der Waals surface area contributed by atoms with E-state index in [4.69, 9.17) is 11.1 Å². The smallest absolute Gasteiger partial charge is 0.256 e. The minimum atomic E-state index is -0.653. The van der Waals surface area contributed by atoms with Gasteiger partial charge in [-0.2, -0.15) is 5.26 Å². The normalized spacial score (nSPS) is 9.81. The van der Waals surface area contributed by atoms with Crippen LogP contribution in [0.25, 0.3) is 0 Å². The Balaban J connectivity index is 2.24. The van der Waals surface area contributed by atoms with Crippen LogP contribution in [-0.2, 0) is 0 Å². The standard InChI is InChI=1S/C15H13FN4O/c1-9-6-11(20-18)3-4-12(9)15(21)19-14-5-2-10(8-17)7-13(14)16/h2-7,20H,18H2,1H3,(H,19,21). The fourth-order valence-electron chi connectivity index (χ4n) is 1.88. The van der Waals surface area contributed by atoms with Gasteiger partial charge in [0, 0.05) is 11.3 Å². The average Bonchev–Trinajstić information content (AvgIpc) is 2.48. The Bertz CT molecular complexity index is 737. The van der Waals surface area contributed by atoms with Crippen LogP contribution in [0.1, 0.15) is 21.5 Å². The van der Waals surface area contributed by atoms with Crippen molar-refractivity contribution < 1.29 is 9.18 Å². The predicted molar refractivity (Wildman–Crippen MR) is 78.1 cm³/mol. The fourth-order valence-corrected chi connectivity index (χ4v) is 1.88. The van der Waals surface area contributed by atoms with Gasteiger partial charge in [0.15, 0.2) is 0 Å². The Labute approximate surface area is 121 Å². The van der Waals surface area contributed by atoms with Gasteiger partial charge in [0.1, 0.15) is 5.82 Å². The van der Waals surface area contributed by atoms with Crippen LogP contribution in [0.4, 0.5) is 15.8 Å². The van der Waals surface area contributed by atoms with Crippen molar-refractivity contribution in [1.82, 2.24) is 0 Å². The molecule has 2 aromatic rings. The summed E-state index contributed by atoms with van der Waals surface area (Å²) in [5.74, 6) is 4.21. The van der Waals surface area contributed by atoms with E-state index in [9.17, 15) is 9.18 Å². The quantitative estimate of drug-likeness (QED) is 0.596. The molecule has 0 aromatic heterocycles. The Kier molecular flexibility index (Phi) is 4.16. The highest BCUT2D eigenvalue weighted by Gasteiger charge is 2.12. The first-order valence-electron chi connectivity index (χ1n) is 6.13. The molecule has 2 rings (SSSR count). The van der Waals surface area contributed by atoms with Gasteiger partial charge in [-0.05, 0) is 48.9 Å². The highest BCUT2D eigenvalue weighted by Crippen LogP contribution is 2.19. The number of amides is 1. The fraction of sp³-hybridized carbons (Fsp3) is 0.0667. The summed E-state index contributed by atoms with van der Waals surface area (Å²) in [5.41, 5.74) is 4.50. The molecule has 0 radical (unpaired) electrons. The Hall–Kier alpha value is -2.91. The number of nitrogens with zero attached hydrogens (tertiary/aromatic N) is 1.